The van der Waals surface area contributed by atoms with Crippen LogP contribution < -0.4 is 5.32 Å². The molecule has 1 unspecified atom stereocenters. The monoisotopic (exact) mass is 336 g/mol. The molecular formula is C16H18F2N4O2. The second-order valence-electron chi connectivity index (χ2n) is 6.32. The van der Waals surface area contributed by atoms with Crippen molar-refractivity contribution in [2.75, 3.05) is 13.2 Å². The lowest BCUT2D eigenvalue weighted by molar-refractivity contribution is 0.0859. The molecule has 3 heterocycles. The number of fused-ring (bicyclic) bond motifs is 1. The van der Waals surface area contributed by atoms with Gasteiger partial charge in [-0.1, -0.05) is 0 Å². The predicted molar refractivity (Wildman–Crippen MR) is 81.2 cm³/mol. The first-order chi connectivity index (χ1) is 11.6. The van der Waals surface area contributed by atoms with E-state index in [4.69, 9.17) is 4.74 Å². The van der Waals surface area contributed by atoms with Crippen LogP contribution in [-0.2, 0) is 4.74 Å². The quantitative estimate of drug-likeness (QED) is 0.911. The summed E-state index contributed by atoms with van der Waals surface area (Å²) >= 11 is 0. The lowest BCUT2D eigenvalue weighted by atomic mass is 10.2. The van der Waals surface area contributed by atoms with E-state index in [1.165, 1.54) is 12.3 Å². The number of ether oxygens (including phenoxy) is 1. The van der Waals surface area contributed by atoms with Crippen molar-refractivity contribution < 1.29 is 18.3 Å². The van der Waals surface area contributed by atoms with E-state index in [0.717, 1.165) is 30.2 Å². The Morgan fingerprint density at radius 2 is 2.25 bits per heavy atom. The molecule has 6 nitrogen and oxygen atoms in total. The van der Waals surface area contributed by atoms with Gasteiger partial charge in [-0.25, -0.2) is 18.3 Å². The maximum Gasteiger partial charge on any atom is 0.280 e. The van der Waals surface area contributed by atoms with Crippen molar-refractivity contribution >= 4 is 11.6 Å². The summed E-state index contributed by atoms with van der Waals surface area (Å²) in [6, 6.07) is 1.40. The summed E-state index contributed by atoms with van der Waals surface area (Å²) in [5, 5.41) is 6.73. The number of alkyl halides is 2. The average Bonchev–Trinajstić information content (AvgIpc) is 3.12. The van der Waals surface area contributed by atoms with Crippen molar-refractivity contribution in [3.63, 3.8) is 0 Å². The molecule has 0 radical (unpaired) electrons. The third-order valence-electron chi connectivity index (χ3n) is 4.50. The molecule has 2 aromatic heterocycles. The molecule has 1 aliphatic carbocycles. The molecule has 1 N–H and O–H groups in total. The standard InChI is InChI=1S/C16H18F2N4O2/c17-14(18)13-6-12(9-3-4-9)21-15-11(8-20-22(13)15)16(23)19-7-10-2-1-5-24-10/h6,8-10,14H,1-5,7H2,(H,19,23). The number of hydrogen-bond acceptors (Lipinski definition) is 4. The van der Waals surface area contributed by atoms with Crippen molar-refractivity contribution in [3.8, 4) is 0 Å². The number of carbonyl (C=O) groups excluding carboxylic acids is 1. The van der Waals surface area contributed by atoms with Gasteiger partial charge in [-0.2, -0.15) is 5.10 Å². The van der Waals surface area contributed by atoms with Crippen molar-refractivity contribution in [1.82, 2.24) is 19.9 Å². The Morgan fingerprint density at radius 3 is 2.92 bits per heavy atom. The predicted octanol–water partition coefficient (Wildman–Crippen LogP) is 2.45. The van der Waals surface area contributed by atoms with E-state index in [1.807, 2.05) is 0 Å². The normalized spacial score (nSPS) is 20.9. The van der Waals surface area contributed by atoms with Gasteiger partial charge in [0.1, 0.15) is 11.3 Å². The molecule has 1 aliphatic heterocycles. The van der Waals surface area contributed by atoms with Gasteiger partial charge >= 0.3 is 0 Å². The molecule has 4 rings (SSSR count). The Morgan fingerprint density at radius 1 is 1.42 bits per heavy atom. The maximum absolute atomic E-state index is 13.3. The van der Waals surface area contributed by atoms with Crippen molar-refractivity contribution in [1.29, 1.82) is 0 Å². The van der Waals surface area contributed by atoms with Gasteiger partial charge < -0.3 is 10.1 Å². The van der Waals surface area contributed by atoms with Gasteiger partial charge in [0.05, 0.1) is 12.3 Å². The Bertz CT molecular complexity index is 767. The molecule has 8 heteroatoms. The second-order valence-corrected chi connectivity index (χ2v) is 6.32. The lowest BCUT2D eigenvalue weighted by Gasteiger charge is -2.10. The minimum Gasteiger partial charge on any atom is -0.376 e. The molecule has 24 heavy (non-hydrogen) atoms. The number of halogens is 2. The van der Waals surface area contributed by atoms with Gasteiger partial charge in [-0.15, -0.1) is 0 Å². The number of hydrogen-bond donors (Lipinski definition) is 1. The molecular weight excluding hydrogens is 318 g/mol. The van der Waals surface area contributed by atoms with Gasteiger partial charge in [0.2, 0.25) is 0 Å². The highest BCUT2D eigenvalue weighted by Gasteiger charge is 2.29. The van der Waals surface area contributed by atoms with Crippen LogP contribution in [0.15, 0.2) is 12.3 Å². The highest BCUT2D eigenvalue weighted by atomic mass is 19.3. The van der Waals surface area contributed by atoms with Gasteiger partial charge in [0.15, 0.2) is 5.65 Å². The first-order valence-electron chi connectivity index (χ1n) is 8.20. The van der Waals surface area contributed by atoms with Crippen LogP contribution >= 0.6 is 0 Å². The Hall–Kier alpha value is -2.09. The number of carbonyl (C=O) groups is 1. The largest absolute Gasteiger partial charge is 0.376 e. The van der Waals surface area contributed by atoms with Crippen molar-refractivity contribution in [3.05, 3.63) is 29.2 Å². The van der Waals surface area contributed by atoms with E-state index in [2.05, 4.69) is 15.4 Å². The van der Waals surface area contributed by atoms with Crippen LogP contribution in [0.2, 0.25) is 0 Å². The van der Waals surface area contributed by atoms with Crippen LogP contribution in [0.3, 0.4) is 0 Å². The molecule has 1 saturated carbocycles. The lowest BCUT2D eigenvalue weighted by Crippen LogP contribution is -2.31. The molecule has 2 fully saturated rings. The summed E-state index contributed by atoms with van der Waals surface area (Å²) in [6.45, 7) is 1.11. The van der Waals surface area contributed by atoms with E-state index in [-0.39, 0.29) is 34.8 Å². The number of amides is 1. The zero-order chi connectivity index (χ0) is 16.7. The fraction of sp³-hybridized carbons (Fsp3) is 0.562. The summed E-state index contributed by atoms with van der Waals surface area (Å²) in [4.78, 5) is 16.8. The first-order valence-corrected chi connectivity index (χ1v) is 8.20. The van der Waals surface area contributed by atoms with E-state index in [1.54, 1.807) is 0 Å². The fourth-order valence-electron chi connectivity index (χ4n) is 3.02. The fourth-order valence-corrected chi connectivity index (χ4v) is 3.02. The topological polar surface area (TPSA) is 68.5 Å². The molecule has 128 valence electrons. The van der Waals surface area contributed by atoms with E-state index in [9.17, 15) is 13.6 Å². The molecule has 1 amide bonds. The summed E-state index contributed by atoms with van der Waals surface area (Å²) < 4.78 is 33.2. The van der Waals surface area contributed by atoms with Crippen LogP contribution in [0.1, 0.15) is 59.8 Å². The number of rotatable bonds is 5. The second kappa shape index (κ2) is 6.08. The SMILES string of the molecule is O=C(NCC1CCCO1)c1cnn2c(C(F)F)cc(C3CC3)nc12. The minimum absolute atomic E-state index is 0.0161. The zero-order valence-electron chi connectivity index (χ0n) is 13.0. The zero-order valence-corrected chi connectivity index (χ0v) is 13.0. The third kappa shape index (κ3) is 2.86. The molecule has 1 saturated heterocycles. The molecule has 0 bridgehead atoms. The van der Waals surface area contributed by atoms with Crippen LogP contribution in [0.5, 0.6) is 0 Å². The Kier molecular flexibility index (Phi) is 3.91. The smallest absolute Gasteiger partial charge is 0.280 e. The van der Waals surface area contributed by atoms with Gasteiger partial charge in [-0.3, -0.25) is 4.79 Å². The number of nitrogens with zero attached hydrogens (tertiary/aromatic N) is 3. The van der Waals surface area contributed by atoms with Crippen molar-refractivity contribution in [2.24, 2.45) is 0 Å². The van der Waals surface area contributed by atoms with Crippen LogP contribution in [-0.4, -0.2) is 39.8 Å². The minimum atomic E-state index is -2.67. The Balaban J connectivity index is 1.63. The van der Waals surface area contributed by atoms with Crippen LogP contribution in [0, 0.1) is 0 Å². The first kappa shape index (κ1) is 15.4. The van der Waals surface area contributed by atoms with Crippen molar-refractivity contribution in [2.45, 2.75) is 44.1 Å². The molecule has 0 spiro atoms. The van der Waals surface area contributed by atoms with Gasteiger partial charge in [0.25, 0.3) is 12.3 Å². The van der Waals surface area contributed by atoms with E-state index >= 15 is 0 Å². The van der Waals surface area contributed by atoms with Crippen LogP contribution in [0.4, 0.5) is 8.78 Å². The molecule has 2 aliphatic rings. The third-order valence-corrected chi connectivity index (χ3v) is 4.50. The molecule has 1 atom stereocenters. The highest BCUT2D eigenvalue weighted by molar-refractivity contribution is 5.99. The summed E-state index contributed by atoms with van der Waals surface area (Å²) in [5.41, 5.74) is 0.809. The maximum atomic E-state index is 13.3. The summed E-state index contributed by atoms with van der Waals surface area (Å²) in [6.07, 6.45) is 2.44. The molecule has 0 aromatic carbocycles. The van der Waals surface area contributed by atoms with Gasteiger partial charge in [0, 0.05) is 24.8 Å². The van der Waals surface area contributed by atoms with Crippen LogP contribution in [0.25, 0.3) is 5.65 Å². The Labute approximate surface area is 137 Å². The summed E-state index contributed by atoms with van der Waals surface area (Å²) in [7, 11) is 0. The average molecular weight is 336 g/mol. The number of nitrogens with one attached hydrogen (secondary N) is 1. The highest BCUT2D eigenvalue weighted by Crippen LogP contribution is 2.40. The molecule has 2 aromatic rings. The number of aromatic nitrogens is 3. The van der Waals surface area contributed by atoms with Gasteiger partial charge in [-0.05, 0) is 31.7 Å². The summed E-state index contributed by atoms with van der Waals surface area (Å²) in [5.74, 6) is -0.147. The van der Waals surface area contributed by atoms with E-state index < -0.39 is 6.43 Å². The van der Waals surface area contributed by atoms with E-state index in [0.29, 0.717) is 18.8 Å².